The van der Waals surface area contributed by atoms with Gasteiger partial charge in [0, 0.05) is 29.7 Å². The maximum Gasteiger partial charge on any atom is 0.115 e. The average molecular weight is 238 g/mol. The van der Waals surface area contributed by atoms with Crippen LogP contribution < -0.4 is 4.90 Å². The fraction of sp³-hybridized carbons (Fsp3) is 0.364. The van der Waals surface area contributed by atoms with Crippen molar-refractivity contribution in [3.8, 4) is 0 Å². The fourth-order valence-electron chi connectivity index (χ4n) is 2.05. The number of hydrogen-bond acceptors (Lipinski definition) is 3. The molecule has 0 saturated carbocycles. The molecule has 0 unspecified atom stereocenters. The summed E-state index contributed by atoms with van der Waals surface area (Å²) in [5.41, 5.74) is 2.07. The molecule has 4 nitrogen and oxygen atoms in total. The molecule has 16 heavy (non-hydrogen) atoms. The van der Waals surface area contributed by atoms with Crippen molar-refractivity contribution in [3.63, 3.8) is 0 Å². The number of aromatic amines is 1. The van der Waals surface area contributed by atoms with Crippen LogP contribution in [0.25, 0.3) is 10.9 Å². The minimum absolute atomic E-state index is 0.746. The van der Waals surface area contributed by atoms with Crippen LogP contribution in [-0.4, -0.2) is 36.5 Å². The van der Waals surface area contributed by atoms with Crippen molar-refractivity contribution in [2.24, 2.45) is 0 Å². The zero-order chi connectivity index (χ0) is 11.0. The van der Waals surface area contributed by atoms with Gasteiger partial charge in [0.05, 0.1) is 18.9 Å². The van der Waals surface area contributed by atoms with E-state index in [0.29, 0.717) is 0 Å². The van der Waals surface area contributed by atoms with Crippen LogP contribution in [0.1, 0.15) is 0 Å². The van der Waals surface area contributed by atoms with Gasteiger partial charge in [-0.05, 0) is 12.1 Å². The maximum absolute atomic E-state index is 6.10. The van der Waals surface area contributed by atoms with Gasteiger partial charge in [-0.3, -0.25) is 5.10 Å². The first-order chi connectivity index (χ1) is 7.84. The summed E-state index contributed by atoms with van der Waals surface area (Å²) >= 11 is 6.10. The highest BCUT2D eigenvalue weighted by atomic mass is 35.5. The van der Waals surface area contributed by atoms with E-state index in [0.717, 1.165) is 47.9 Å². The predicted octanol–water partition coefficient (Wildman–Crippen LogP) is 2.05. The van der Waals surface area contributed by atoms with E-state index in [1.807, 2.05) is 18.3 Å². The molecule has 2 heterocycles. The van der Waals surface area contributed by atoms with Crippen LogP contribution >= 0.6 is 11.6 Å². The van der Waals surface area contributed by atoms with E-state index in [9.17, 15) is 0 Å². The van der Waals surface area contributed by atoms with Crippen molar-refractivity contribution >= 4 is 28.2 Å². The quantitative estimate of drug-likeness (QED) is 0.826. The Bertz CT molecular complexity index is 505. The zero-order valence-electron chi connectivity index (χ0n) is 8.74. The third-order valence-electron chi connectivity index (χ3n) is 2.83. The molecule has 84 valence electrons. The number of hydrogen-bond donors (Lipinski definition) is 1. The molecule has 1 aliphatic rings. The van der Waals surface area contributed by atoms with Gasteiger partial charge in [-0.25, -0.2) is 0 Å². The molecule has 0 spiro atoms. The monoisotopic (exact) mass is 237 g/mol. The minimum Gasteiger partial charge on any atom is -0.378 e. The summed E-state index contributed by atoms with van der Waals surface area (Å²) in [5.74, 6) is 0. The third-order valence-corrected chi connectivity index (χ3v) is 3.05. The van der Waals surface area contributed by atoms with Crippen LogP contribution in [0.2, 0.25) is 5.02 Å². The molecular weight excluding hydrogens is 226 g/mol. The van der Waals surface area contributed by atoms with Crippen molar-refractivity contribution < 1.29 is 4.74 Å². The highest BCUT2D eigenvalue weighted by molar-refractivity contribution is 6.31. The zero-order valence-corrected chi connectivity index (χ0v) is 9.50. The molecule has 1 aromatic heterocycles. The molecule has 0 atom stereocenters. The highest BCUT2D eigenvalue weighted by Crippen LogP contribution is 2.29. The standard InChI is InChI=1S/C11H12ClN3O/c12-9-5-8-7-13-14-11(8)10(6-9)15-1-3-16-4-2-15/h5-7H,1-4H2,(H,13,14). The Balaban J connectivity index is 2.09. The van der Waals surface area contributed by atoms with Crippen molar-refractivity contribution in [1.82, 2.24) is 10.2 Å². The Morgan fingerprint density at radius 1 is 1.31 bits per heavy atom. The lowest BCUT2D eigenvalue weighted by Crippen LogP contribution is -2.36. The number of benzene rings is 1. The number of nitrogens with zero attached hydrogens (tertiary/aromatic N) is 2. The van der Waals surface area contributed by atoms with Crippen LogP contribution in [0.15, 0.2) is 18.3 Å². The molecule has 1 aromatic carbocycles. The first-order valence-corrected chi connectivity index (χ1v) is 5.68. The number of H-pyrrole nitrogens is 1. The second-order valence-corrected chi connectivity index (χ2v) is 4.28. The average Bonchev–Trinajstić information content (AvgIpc) is 2.77. The molecule has 0 aliphatic carbocycles. The molecular formula is C11H12ClN3O. The lowest BCUT2D eigenvalue weighted by atomic mass is 10.2. The summed E-state index contributed by atoms with van der Waals surface area (Å²) in [5, 5.41) is 8.94. The van der Waals surface area contributed by atoms with Crippen LogP contribution in [0.3, 0.4) is 0 Å². The van der Waals surface area contributed by atoms with Gasteiger partial charge < -0.3 is 9.64 Å². The Labute approximate surface area is 98.1 Å². The van der Waals surface area contributed by atoms with E-state index in [-0.39, 0.29) is 0 Å². The van der Waals surface area contributed by atoms with E-state index >= 15 is 0 Å². The molecule has 0 bridgehead atoms. The van der Waals surface area contributed by atoms with Crippen LogP contribution in [0.4, 0.5) is 5.69 Å². The molecule has 1 N–H and O–H groups in total. The number of anilines is 1. The first-order valence-electron chi connectivity index (χ1n) is 5.30. The Kier molecular flexibility index (Phi) is 2.46. The van der Waals surface area contributed by atoms with Gasteiger partial charge in [0.15, 0.2) is 0 Å². The molecule has 0 amide bonds. The maximum atomic E-state index is 6.10. The van der Waals surface area contributed by atoms with Gasteiger partial charge in [0.1, 0.15) is 5.52 Å². The molecule has 1 aliphatic heterocycles. The molecule has 0 radical (unpaired) electrons. The highest BCUT2D eigenvalue weighted by Gasteiger charge is 2.15. The number of morpholine rings is 1. The third kappa shape index (κ3) is 1.64. The van der Waals surface area contributed by atoms with Crippen molar-refractivity contribution in [1.29, 1.82) is 0 Å². The van der Waals surface area contributed by atoms with Gasteiger partial charge in [0.2, 0.25) is 0 Å². The SMILES string of the molecule is Clc1cc(N2CCOCC2)c2n[nH]cc2c1. The number of nitrogens with one attached hydrogen (secondary N) is 1. The van der Waals surface area contributed by atoms with E-state index < -0.39 is 0 Å². The Morgan fingerprint density at radius 2 is 2.12 bits per heavy atom. The van der Waals surface area contributed by atoms with Gasteiger partial charge in [-0.1, -0.05) is 11.6 Å². The minimum atomic E-state index is 0.746. The van der Waals surface area contributed by atoms with E-state index in [1.54, 1.807) is 0 Å². The topological polar surface area (TPSA) is 41.1 Å². The van der Waals surface area contributed by atoms with Gasteiger partial charge in [-0.15, -0.1) is 0 Å². The number of fused-ring (bicyclic) bond motifs is 1. The smallest absolute Gasteiger partial charge is 0.115 e. The van der Waals surface area contributed by atoms with Crippen molar-refractivity contribution in [2.45, 2.75) is 0 Å². The fourth-order valence-corrected chi connectivity index (χ4v) is 2.27. The van der Waals surface area contributed by atoms with Crippen LogP contribution in [-0.2, 0) is 4.74 Å². The lowest BCUT2D eigenvalue weighted by molar-refractivity contribution is 0.123. The largest absolute Gasteiger partial charge is 0.378 e. The van der Waals surface area contributed by atoms with Crippen molar-refractivity contribution in [3.05, 3.63) is 23.4 Å². The Hall–Kier alpha value is -1.26. The molecule has 3 rings (SSSR count). The summed E-state index contributed by atoms with van der Waals surface area (Å²) in [4.78, 5) is 2.26. The lowest BCUT2D eigenvalue weighted by Gasteiger charge is -2.29. The normalized spacial score (nSPS) is 16.9. The van der Waals surface area contributed by atoms with Gasteiger partial charge >= 0.3 is 0 Å². The van der Waals surface area contributed by atoms with Crippen LogP contribution in [0.5, 0.6) is 0 Å². The molecule has 2 aromatic rings. The van der Waals surface area contributed by atoms with E-state index in [1.165, 1.54) is 0 Å². The number of ether oxygens (including phenoxy) is 1. The molecule has 5 heteroatoms. The summed E-state index contributed by atoms with van der Waals surface area (Å²) in [6.45, 7) is 3.31. The second kappa shape index (κ2) is 3.96. The van der Waals surface area contributed by atoms with Crippen LogP contribution in [0, 0.1) is 0 Å². The van der Waals surface area contributed by atoms with E-state index in [2.05, 4.69) is 15.1 Å². The number of halogens is 1. The summed E-state index contributed by atoms with van der Waals surface area (Å²) in [7, 11) is 0. The van der Waals surface area contributed by atoms with Gasteiger partial charge in [0.25, 0.3) is 0 Å². The van der Waals surface area contributed by atoms with Crippen molar-refractivity contribution in [2.75, 3.05) is 31.2 Å². The number of rotatable bonds is 1. The summed E-state index contributed by atoms with van der Waals surface area (Å²) in [6.07, 6.45) is 1.87. The molecule has 1 fully saturated rings. The second-order valence-electron chi connectivity index (χ2n) is 3.85. The summed E-state index contributed by atoms with van der Waals surface area (Å²) in [6, 6.07) is 3.89. The number of aromatic nitrogens is 2. The predicted molar refractivity (Wildman–Crippen MR) is 64.1 cm³/mol. The van der Waals surface area contributed by atoms with Gasteiger partial charge in [-0.2, -0.15) is 5.10 Å². The van der Waals surface area contributed by atoms with E-state index in [4.69, 9.17) is 16.3 Å². The summed E-state index contributed by atoms with van der Waals surface area (Å²) < 4.78 is 5.34. The first kappa shape index (κ1) is 9.93. The Morgan fingerprint density at radius 3 is 2.94 bits per heavy atom. The molecule has 1 saturated heterocycles.